The lowest BCUT2D eigenvalue weighted by molar-refractivity contribution is -0.139. The van der Waals surface area contributed by atoms with Gasteiger partial charge in [0.05, 0.1) is 13.5 Å². The van der Waals surface area contributed by atoms with Gasteiger partial charge in [0.25, 0.3) is 0 Å². The summed E-state index contributed by atoms with van der Waals surface area (Å²) < 4.78 is 4.63. The minimum Gasteiger partial charge on any atom is -0.469 e. The summed E-state index contributed by atoms with van der Waals surface area (Å²) in [6.07, 6.45) is 0.215. The first-order valence-corrected chi connectivity index (χ1v) is 5.04. The Morgan fingerprint density at radius 2 is 1.88 bits per heavy atom. The van der Waals surface area contributed by atoms with Crippen LogP contribution in [-0.2, 0) is 16.0 Å². The molecule has 82 valence electrons. The highest BCUT2D eigenvalue weighted by atomic mass is 16.5. The standard InChI is InChI=1S/C13H13NO2/c1-16-13(15)8-11-6-9-4-2-3-5-10(9)7-12(11)14/h2-7H,8,14H2,1H3. The summed E-state index contributed by atoms with van der Waals surface area (Å²) in [7, 11) is 1.37. The molecular formula is C13H13NO2. The van der Waals surface area contributed by atoms with Crippen LogP contribution in [0.5, 0.6) is 0 Å². The van der Waals surface area contributed by atoms with Gasteiger partial charge in [0, 0.05) is 5.69 Å². The molecule has 0 spiro atoms. The summed E-state index contributed by atoms with van der Waals surface area (Å²) in [6, 6.07) is 11.7. The van der Waals surface area contributed by atoms with E-state index in [1.165, 1.54) is 7.11 Å². The Bertz CT molecular complexity index is 534. The number of nitrogen functional groups attached to an aromatic ring is 1. The fraction of sp³-hybridized carbons (Fsp3) is 0.154. The maximum atomic E-state index is 11.2. The number of ether oxygens (including phenoxy) is 1. The fourth-order valence-corrected chi connectivity index (χ4v) is 1.69. The van der Waals surface area contributed by atoms with E-state index >= 15 is 0 Å². The normalized spacial score (nSPS) is 10.3. The molecule has 3 heteroatoms. The monoisotopic (exact) mass is 215 g/mol. The second-order valence-electron chi connectivity index (χ2n) is 3.65. The number of methoxy groups -OCH3 is 1. The van der Waals surface area contributed by atoms with Gasteiger partial charge in [0.15, 0.2) is 0 Å². The number of carbonyl (C=O) groups is 1. The number of anilines is 1. The smallest absolute Gasteiger partial charge is 0.310 e. The number of hydrogen-bond acceptors (Lipinski definition) is 3. The Morgan fingerprint density at radius 3 is 2.50 bits per heavy atom. The zero-order valence-electron chi connectivity index (χ0n) is 9.07. The molecule has 0 atom stereocenters. The van der Waals surface area contributed by atoms with E-state index in [1.54, 1.807) is 0 Å². The van der Waals surface area contributed by atoms with Crippen LogP contribution >= 0.6 is 0 Å². The van der Waals surface area contributed by atoms with Gasteiger partial charge in [-0.2, -0.15) is 0 Å². The molecule has 3 nitrogen and oxygen atoms in total. The molecule has 0 unspecified atom stereocenters. The number of esters is 1. The molecule has 0 heterocycles. The van der Waals surface area contributed by atoms with Gasteiger partial charge in [-0.05, 0) is 28.5 Å². The van der Waals surface area contributed by atoms with E-state index in [4.69, 9.17) is 5.73 Å². The molecular weight excluding hydrogens is 202 g/mol. The predicted molar refractivity (Wildman–Crippen MR) is 64.1 cm³/mol. The van der Waals surface area contributed by atoms with E-state index in [2.05, 4.69) is 4.74 Å². The molecule has 0 aliphatic carbocycles. The maximum absolute atomic E-state index is 11.2. The van der Waals surface area contributed by atoms with Crippen LogP contribution in [0.3, 0.4) is 0 Å². The SMILES string of the molecule is COC(=O)Cc1cc2ccccc2cc1N. The average molecular weight is 215 g/mol. The first kappa shape index (κ1) is 10.5. The van der Waals surface area contributed by atoms with E-state index in [1.807, 2.05) is 36.4 Å². The highest BCUT2D eigenvalue weighted by molar-refractivity contribution is 5.88. The van der Waals surface area contributed by atoms with Crippen molar-refractivity contribution in [1.29, 1.82) is 0 Å². The predicted octanol–water partition coefficient (Wildman–Crippen LogP) is 2.14. The third-order valence-corrected chi connectivity index (χ3v) is 2.57. The summed E-state index contributed by atoms with van der Waals surface area (Å²) in [6.45, 7) is 0. The molecule has 0 saturated carbocycles. The average Bonchev–Trinajstić information content (AvgIpc) is 2.30. The van der Waals surface area contributed by atoms with Crippen LogP contribution < -0.4 is 5.73 Å². The van der Waals surface area contributed by atoms with Crippen molar-refractivity contribution in [3.05, 3.63) is 42.0 Å². The fourth-order valence-electron chi connectivity index (χ4n) is 1.69. The second-order valence-corrected chi connectivity index (χ2v) is 3.65. The van der Waals surface area contributed by atoms with Gasteiger partial charge < -0.3 is 10.5 Å². The second kappa shape index (κ2) is 4.23. The summed E-state index contributed by atoms with van der Waals surface area (Å²) >= 11 is 0. The molecule has 2 aromatic rings. The van der Waals surface area contributed by atoms with Crippen LogP contribution in [0, 0.1) is 0 Å². The minimum absolute atomic E-state index is 0.215. The molecule has 0 aromatic heterocycles. The summed E-state index contributed by atoms with van der Waals surface area (Å²) in [5, 5.41) is 2.16. The highest BCUT2D eigenvalue weighted by Gasteiger charge is 2.07. The van der Waals surface area contributed by atoms with Crippen molar-refractivity contribution < 1.29 is 9.53 Å². The maximum Gasteiger partial charge on any atom is 0.310 e. The molecule has 0 amide bonds. The van der Waals surface area contributed by atoms with Crippen molar-refractivity contribution >= 4 is 22.4 Å². The Balaban J connectivity index is 2.46. The van der Waals surface area contributed by atoms with Crippen molar-refractivity contribution in [3.63, 3.8) is 0 Å². The van der Waals surface area contributed by atoms with Crippen molar-refractivity contribution in [2.24, 2.45) is 0 Å². The van der Waals surface area contributed by atoms with E-state index in [-0.39, 0.29) is 12.4 Å². The van der Waals surface area contributed by atoms with Gasteiger partial charge in [0.1, 0.15) is 0 Å². The Kier molecular flexibility index (Phi) is 2.77. The lowest BCUT2D eigenvalue weighted by Gasteiger charge is -2.06. The van der Waals surface area contributed by atoms with Crippen molar-refractivity contribution in [3.8, 4) is 0 Å². The van der Waals surface area contributed by atoms with Gasteiger partial charge in [-0.25, -0.2) is 0 Å². The molecule has 0 fully saturated rings. The van der Waals surface area contributed by atoms with Gasteiger partial charge in [-0.1, -0.05) is 24.3 Å². The van der Waals surface area contributed by atoms with Crippen molar-refractivity contribution in [2.45, 2.75) is 6.42 Å². The zero-order chi connectivity index (χ0) is 11.5. The van der Waals surface area contributed by atoms with Gasteiger partial charge in [-0.3, -0.25) is 4.79 Å². The number of rotatable bonds is 2. The highest BCUT2D eigenvalue weighted by Crippen LogP contribution is 2.22. The Labute approximate surface area is 93.8 Å². The summed E-state index contributed by atoms with van der Waals surface area (Å²) in [5.41, 5.74) is 7.32. The first-order chi connectivity index (χ1) is 7.70. The van der Waals surface area contributed by atoms with Gasteiger partial charge in [-0.15, -0.1) is 0 Å². The van der Waals surface area contributed by atoms with Crippen LogP contribution in [0.2, 0.25) is 0 Å². The Morgan fingerprint density at radius 1 is 1.25 bits per heavy atom. The molecule has 0 aliphatic rings. The number of fused-ring (bicyclic) bond motifs is 1. The largest absolute Gasteiger partial charge is 0.469 e. The third kappa shape index (κ3) is 1.98. The van der Waals surface area contributed by atoms with Crippen molar-refractivity contribution in [1.82, 2.24) is 0 Å². The van der Waals surface area contributed by atoms with Crippen molar-refractivity contribution in [2.75, 3.05) is 12.8 Å². The molecule has 0 aliphatic heterocycles. The van der Waals surface area contributed by atoms with Gasteiger partial charge >= 0.3 is 5.97 Å². The van der Waals surface area contributed by atoms with E-state index in [0.717, 1.165) is 16.3 Å². The lowest BCUT2D eigenvalue weighted by Crippen LogP contribution is -2.06. The molecule has 0 saturated heterocycles. The van der Waals surface area contributed by atoms with Gasteiger partial charge in [0.2, 0.25) is 0 Å². The van der Waals surface area contributed by atoms with Crippen LogP contribution in [0.15, 0.2) is 36.4 Å². The number of benzene rings is 2. The van der Waals surface area contributed by atoms with Crippen LogP contribution in [0.4, 0.5) is 5.69 Å². The summed E-state index contributed by atoms with van der Waals surface area (Å²) in [5.74, 6) is -0.276. The molecule has 0 radical (unpaired) electrons. The van der Waals surface area contributed by atoms with Crippen LogP contribution in [0.1, 0.15) is 5.56 Å². The number of carbonyl (C=O) groups excluding carboxylic acids is 1. The first-order valence-electron chi connectivity index (χ1n) is 5.04. The molecule has 0 bridgehead atoms. The Hall–Kier alpha value is -2.03. The van der Waals surface area contributed by atoms with E-state index < -0.39 is 0 Å². The lowest BCUT2D eigenvalue weighted by atomic mass is 10.0. The van der Waals surface area contributed by atoms with Crippen LogP contribution in [-0.4, -0.2) is 13.1 Å². The quantitative estimate of drug-likeness (QED) is 0.616. The molecule has 2 rings (SSSR count). The van der Waals surface area contributed by atoms with E-state index in [9.17, 15) is 4.79 Å². The molecule has 2 aromatic carbocycles. The number of nitrogens with two attached hydrogens (primary N) is 1. The molecule has 16 heavy (non-hydrogen) atoms. The molecule has 2 N–H and O–H groups in total. The topological polar surface area (TPSA) is 52.3 Å². The minimum atomic E-state index is -0.276. The van der Waals surface area contributed by atoms with E-state index in [0.29, 0.717) is 5.69 Å². The third-order valence-electron chi connectivity index (χ3n) is 2.57. The summed E-state index contributed by atoms with van der Waals surface area (Å²) in [4.78, 5) is 11.2. The zero-order valence-corrected chi connectivity index (χ0v) is 9.07. The van der Waals surface area contributed by atoms with Crippen LogP contribution in [0.25, 0.3) is 10.8 Å². The number of hydrogen-bond donors (Lipinski definition) is 1.